The molecular formula is C27H40ClN3O5S. The van der Waals surface area contributed by atoms with Gasteiger partial charge < -0.3 is 16.0 Å². The van der Waals surface area contributed by atoms with Crippen molar-refractivity contribution in [2.45, 2.75) is 89.5 Å². The number of Topliss-reactive ketones (excluding diaryl/α,β-unsaturated/α-hetero) is 1. The van der Waals surface area contributed by atoms with Crippen LogP contribution in [0.3, 0.4) is 0 Å². The highest BCUT2D eigenvalue weighted by molar-refractivity contribution is 7.85. The van der Waals surface area contributed by atoms with E-state index in [1.807, 2.05) is 13.8 Å². The number of hydrogen-bond donors (Lipinski definition) is 3. The number of carbonyl (C=O) groups is 4. The first-order valence-corrected chi connectivity index (χ1v) is 14.9. The maximum absolute atomic E-state index is 13.2. The van der Waals surface area contributed by atoms with Crippen LogP contribution in [0.1, 0.15) is 71.3 Å². The molecule has 0 radical (unpaired) electrons. The van der Waals surface area contributed by atoms with Gasteiger partial charge in [-0.05, 0) is 62.6 Å². The van der Waals surface area contributed by atoms with Crippen molar-refractivity contribution in [1.29, 1.82) is 0 Å². The van der Waals surface area contributed by atoms with E-state index in [4.69, 9.17) is 11.6 Å². The Morgan fingerprint density at radius 1 is 1.05 bits per heavy atom. The molecule has 3 amide bonds. The van der Waals surface area contributed by atoms with Gasteiger partial charge in [-0.3, -0.25) is 23.4 Å². The summed E-state index contributed by atoms with van der Waals surface area (Å²) in [6.07, 6.45) is 5.09. The third-order valence-corrected chi connectivity index (χ3v) is 8.49. The molecule has 2 rings (SSSR count). The van der Waals surface area contributed by atoms with Crippen LogP contribution in [0.25, 0.3) is 0 Å². The Kier molecular flexibility index (Phi) is 13.3. The highest BCUT2D eigenvalue weighted by Crippen LogP contribution is 2.21. The molecule has 1 saturated heterocycles. The fraction of sp³-hybridized carbons (Fsp3) is 0.630. The maximum atomic E-state index is 13.2. The second kappa shape index (κ2) is 15.9. The zero-order chi connectivity index (χ0) is 27.4. The SMILES string of the molecule is CCNC(=O)C(=O)[C@H](Cc1ccc(Cl)cc1)NC(=O)[C@H](CC(C)C)NC(=O)CCCCC1CCCS1=O. The Labute approximate surface area is 227 Å². The molecule has 0 spiro atoms. The first kappa shape index (κ1) is 31.0. The van der Waals surface area contributed by atoms with Gasteiger partial charge in [0.1, 0.15) is 12.1 Å². The van der Waals surface area contributed by atoms with E-state index in [-0.39, 0.29) is 36.5 Å². The Bertz CT molecular complexity index is 954. The van der Waals surface area contributed by atoms with Crippen LogP contribution < -0.4 is 16.0 Å². The normalized spacial score (nSPS) is 18.7. The molecule has 1 aromatic rings. The summed E-state index contributed by atoms with van der Waals surface area (Å²) in [7, 11) is -0.744. The zero-order valence-electron chi connectivity index (χ0n) is 22.0. The van der Waals surface area contributed by atoms with Gasteiger partial charge in [0.05, 0.1) is 0 Å². The van der Waals surface area contributed by atoms with Crippen molar-refractivity contribution in [3.63, 3.8) is 0 Å². The van der Waals surface area contributed by atoms with Gasteiger partial charge in [0.25, 0.3) is 5.91 Å². The fourth-order valence-corrected chi connectivity index (χ4v) is 6.17. The average Bonchev–Trinajstić information content (AvgIpc) is 3.26. The molecule has 2 unspecified atom stereocenters. The number of ketones is 1. The smallest absolute Gasteiger partial charge is 0.289 e. The summed E-state index contributed by atoms with van der Waals surface area (Å²) in [5, 5.41) is 8.79. The van der Waals surface area contributed by atoms with E-state index < -0.39 is 40.5 Å². The Morgan fingerprint density at radius 2 is 1.76 bits per heavy atom. The molecule has 0 aromatic heterocycles. The lowest BCUT2D eigenvalue weighted by molar-refractivity contribution is -0.140. The molecule has 1 fully saturated rings. The summed E-state index contributed by atoms with van der Waals surface area (Å²) < 4.78 is 11.9. The molecule has 1 aromatic carbocycles. The predicted molar refractivity (Wildman–Crippen MR) is 147 cm³/mol. The lowest BCUT2D eigenvalue weighted by Crippen LogP contribution is -2.54. The second-order valence-corrected chi connectivity index (χ2v) is 12.2. The molecular weight excluding hydrogens is 514 g/mol. The largest absolute Gasteiger partial charge is 0.350 e. The third-order valence-electron chi connectivity index (χ3n) is 6.33. The van der Waals surface area contributed by atoms with Gasteiger partial charge in [-0.1, -0.05) is 44.0 Å². The van der Waals surface area contributed by atoms with E-state index in [0.29, 0.717) is 17.9 Å². The van der Waals surface area contributed by atoms with Crippen LogP contribution in [-0.4, -0.2) is 57.3 Å². The van der Waals surface area contributed by atoms with Gasteiger partial charge in [-0.2, -0.15) is 0 Å². The highest BCUT2D eigenvalue weighted by Gasteiger charge is 2.30. The van der Waals surface area contributed by atoms with E-state index >= 15 is 0 Å². The van der Waals surface area contributed by atoms with Crippen molar-refractivity contribution < 1.29 is 23.4 Å². The standard InChI is InChI=1S/C27H40ClN3O5S/c1-4-29-27(35)25(33)22(17-19-11-13-20(28)14-12-19)31-26(34)23(16-18(2)3)30-24(32)10-6-5-8-21-9-7-15-37(21)36/h11-14,18,21-23H,4-10,15-17H2,1-3H3,(H,29,35)(H,30,32)(H,31,34)/t21?,22-,23-,37?/m0/s1. The average molecular weight is 554 g/mol. The minimum atomic E-state index is -1.08. The van der Waals surface area contributed by atoms with E-state index in [1.165, 1.54) is 0 Å². The second-order valence-electron chi connectivity index (χ2n) is 9.96. The molecule has 1 aliphatic rings. The van der Waals surface area contributed by atoms with Crippen molar-refractivity contribution >= 4 is 45.9 Å². The Balaban J connectivity index is 2.01. The Hall–Kier alpha value is -2.26. The fourth-order valence-electron chi connectivity index (χ4n) is 4.40. The van der Waals surface area contributed by atoms with Gasteiger partial charge in [-0.15, -0.1) is 0 Å². The zero-order valence-corrected chi connectivity index (χ0v) is 23.6. The molecule has 206 valence electrons. The number of benzene rings is 1. The van der Waals surface area contributed by atoms with Crippen molar-refractivity contribution in [3.05, 3.63) is 34.9 Å². The van der Waals surface area contributed by atoms with Crippen LogP contribution in [-0.2, 0) is 36.4 Å². The van der Waals surface area contributed by atoms with Crippen molar-refractivity contribution in [1.82, 2.24) is 16.0 Å². The molecule has 1 heterocycles. The summed E-state index contributed by atoms with van der Waals surface area (Å²) in [4.78, 5) is 51.0. The third kappa shape index (κ3) is 10.9. The first-order chi connectivity index (χ1) is 17.6. The summed E-state index contributed by atoms with van der Waals surface area (Å²) >= 11 is 5.96. The minimum Gasteiger partial charge on any atom is -0.350 e. The number of nitrogens with one attached hydrogen (secondary N) is 3. The number of carbonyl (C=O) groups excluding carboxylic acids is 4. The molecule has 37 heavy (non-hydrogen) atoms. The number of rotatable bonds is 15. The van der Waals surface area contributed by atoms with Crippen LogP contribution in [0.5, 0.6) is 0 Å². The topological polar surface area (TPSA) is 121 Å². The molecule has 10 heteroatoms. The number of hydrogen-bond acceptors (Lipinski definition) is 5. The quantitative estimate of drug-likeness (QED) is 0.228. The lowest BCUT2D eigenvalue weighted by Gasteiger charge is -2.24. The van der Waals surface area contributed by atoms with Gasteiger partial charge in [0.2, 0.25) is 17.6 Å². The van der Waals surface area contributed by atoms with Gasteiger partial charge in [-0.25, -0.2) is 0 Å². The van der Waals surface area contributed by atoms with E-state index in [2.05, 4.69) is 16.0 Å². The number of unbranched alkanes of at least 4 members (excludes halogenated alkanes) is 1. The Morgan fingerprint density at radius 3 is 2.35 bits per heavy atom. The van der Waals surface area contributed by atoms with Crippen molar-refractivity contribution in [2.75, 3.05) is 12.3 Å². The summed E-state index contributed by atoms with van der Waals surface area (Å²) in [6, 6.07) is 4.92. The molecule has 8 nitrogen and oxygen atoms in total. The first-order valence-electron chi connectivity index (χ1n) is 13.1. The van der Waals surface area contributed by atoms with Crippen LogP contribution in [0.2, 0.25) is 5.02 Å². The van der Waals surface area contributed by atoms with Crippen LogP contribution >= 0.6 is 11.6 Å². The molecule has 4 atom stereocenters. The molecule has 0 bridgehead atoms. The molecule has 0 aliphatic carbocycles. The van der Waals surface area contributed by atoms with Crippen LogP contribution in [0.4, 0.5) is 0 Å². The van der Waals surface area contributed by atoms with Gasteiger partial charge >= 0.3 is 0 Å². The van der Waals surface area contributed by atoms with Crippen LogP contribution in [0.15, 0.2) is 24.3 Å². The molecule has 0 saturated carbocycles. The molecule has 3 N–H and O–H groups in total. The van der Waals surface area contributed by atoms with Crippen molar-refractivity contribution in [2.24, 2.45) is 5.92 Å². The molecule has 1 aliphatic heterocycles. The minimum absolute atomic E-state index is 0.113. The maximum Gasteiger partial charge on any atom is 0.289 e. The van der Waals surface area contributed by atoms with Gasteiger partial charge in [0, 0.05) is 46.2 Å². The van der Waals surface area contributed by atoms with E-state index in [0.717, 1.165) is 37.0 Å². The number of halogens is 1. The number of likely N-dealkylation sites (N-methyl/N-ethyl adjacent to an activating group) is 1. The monoisotopic (exact) mass is 553 g/mol. The van der Waals surface area contributed by atoms with E-state index in [1.54, 1.807) is 31.2 Å². The summed E-state index contributed by atoms with van der Waals surface area (Å²) in [5.41, 5.74) is 0.736. The predicted octanol–water partition coefficient (Wildman–Crippen LogP) is 3.07. The van der Waals surface area contributed by atoms with Crippen LogP contribution in [0, 0.1) is 5.92 Å². The lowest BCUT2D eigenvalue weighted by atomic mass is 9.99. The highest BCUT2D eigenvalue weighted by atomic mass is 35.5. The summed E-state index contributed by atoms with van der Waals surface area (Å²) in [5.74, 6) is -1.36. The summed E-state index contributed by atoms with van der Waals surface area (Å²) in [6.45, 7) is 5.88. The number of amides is 3. The van der Waals surface area contributed by atoms with E-state index in [9.17, 15) is 23.4 Å². The van der Waals surface area contributed by atoms with Crippen molar-refractivity contribution in [3.8, 4) is 0 Å². The van der Waals surface area contributed by atoms with Gasteiger partial charge in [0.15, 0.2) is 0 Å².